The zero-order valence-electron chi connectivity index (χ0n) is 13.2. The smallest absolute Gasteiger partial charge is 0.307 e. The fraction of sp³-hybridized carbons (Fsp3) is 0.0500. The summed E-state index contributed by atoms with van der Waals surface area (Å²) in [5.41, 5.74) is 6.46. The molecule has 0 atom stereocenters. The van der Waals surface area contributed by atoms with Gasteiger partial charge < -0.3 is 5.32 Å². The van der Waals surface area contributed by atoms with Crippen LogP contribution >= 0.6 is 28.7 Å². The molecule has 0 radical (unpaired) electrons. The number of carbonyl (C=O) groups is 1. The fourth-order valence-corrected chi connectivity index (χ4v) is 3.70. The quantitative estimate of drug-likeness (QED) is 0.396. The van der Waals surface area contributed by atoms with Gasteiger partial charge in [-0.15, -0.1) is 0 Å². The molecule has 124 valence electrons. The Labute approximate surface area is 160 Å². The highest BCUT2D eigenvalue weighted by Crippen LogP contribution is 2.39. The number of urea groups is 1. The van der Waals surface area contributed by atoms with Crippen molar-refractivity contribution < 1.29 is 4.79 Å². The molecule has 0 unspecified atom stereocenters. The van der Waals surface area contributed by atoms with Crippen LogP contribution in [0.3, 0.4) is 0 Å². The second-order valence-electron chi connectivity index (χ2n) is 5.93. The van der Waals surface area contributed by atoms with E-state index >= 15 is 0 Å². The molecule has 0 heterocycles. The first-order valence-corrected chi connectivity index (χ1v) is 9.08. The van der Waals surface area contributed by atoms with Crippen molar-refractivity contribution in [3.63, 3.8) is 0 Å². The molecule has 1 aliphatic rings. The molecule has 0 spiro atoms. The van der Waals surface area contributed by atoms with Crippen molar-refractivity contribution >= 4 is 46.2 Å². The third-order valence-electron chi connectivity index (χ3n) is 4.29. The van der Waals surface area contributed by atoms with E-state index in [1.807, 2.05) is 42.5 Å². The van der Waals surface area contributed by atoms with Crippen LogP contribution in [0.4, 0.5) is 16.2 Å². The lowest BCUT2D eigenvalue weighted by Gasteiger charge is -2.17. The largest absolute Gasteiger partial charge is 0.336 e. The van der Waals surface area contributed by atoms with Gasteiger partial charge in [0, 0.05) is 10.2 Å². The number of rotatable bonds is 2. The van der Waals surface area contributed by atoms with Crippen molar-refractivity contribution in [3.05, 3.63) is 82.3 Å². The number of thiol groups is 1. The summed E-state index contributed by atoms with van der Waals surface area (Å²) in [6.45, 7) is 0. The van der Waals surface area contributed by atoms with Gasteiger partial charge in [0.1, 0.15) is 0 Å². The molecule has 1 aliphatic carbocycles. The average molecular weight is 411 g/mol. The van der Waals surface area contributed by atoms with Crippen LogP contribution in [0.1, 0.15) is 11.1 Å². The Kier molecular flexibility index (Phi) is 4.27. The van der Waals surface area contributed by atoms with E-state index < -0.39 is 0 Å². The fourth-order valence-electron chi connectivity index (χ4n) is 3.11. The minimum atomic E-state index is -0.285. The van der Waals surface area contributed by atoms with E-state index in [1.54, 1.807) is 0 Å². The number of hydrogen-bond donors (Lipinski definition) is 2. The molecule has 0 saturated heterocycles. The van der Waals surface area contributed by atoms with Crippen molar-refractivity contribution in [1.29, 1.82) is 0 Å². The van der Waals surface area contributed by atoms with E-state index in [0.717, 1.165) is 22.3 Å². The summed E-state index contributed by atoms with van der Waals surface area (Å²) in [5.74, 6) is 0. The highest BCUT2D eigenvalue weighted by atomic mass is 79.9. The standard InChI is InChI=1S/C20H15BrN2OS/c21-15-6-8-18-13(11-15)10-14-12-17(7-9-19(14)18)23(25)20(24)22-16-4-2-1-3-5-16/h1-9,11-12,25H,10H2,(H,22,24). The lowest BCUT2D eigenvalue weighted by Crippen LogP contribution is -2.26. The van der Waals surface area contributed by atoms with Crippen LogP contribution in [0.15, 0.2) is 71.2 Å². The van der Waals surface area contributed by atoms with Crippen molar-refractivity contribution in [2.45, 2.75) is 6.42 Å². The lowest BCUT2D eigenvalue weighted by atomic mass is 10.1. The Morgan fingerprint density at radius 1 is 0.960 bits per heavy atom. The number of nitrogens with one attached hydrogen (secondary N) is 1. The van der Waals surface area contributed by atoms with Crippen molar-refractivity contribution in [2.75, 3.05) is 9.62 Å². The van der Waals surface area contributed by atoms with Gasteiger partial charge in [-0.05, 0) is 65.1 Å². The van der Waals surface area contributed by atoms with Crippen LogP contribution in [-0.4, -0.2) is 6.03 Å². The second kappa shape index (κ2) is 6.58. The summed E-state index contributed by atoms with van der Waals surface area (Å²) in [6.07, 6.45) is 0.861. The molecule has 4 rings (SSSR count). The number of nitrogens with zero attached hydrogens (tertiary/aromatic N) is 1. The number of hydrogen-bond acceptors (Lipinski definition) is 2. The van der Waals surface area contributed by atoms with E-state index in [4.69, 9.17) is 0 Å². The molecule has 2 amide bonds. The van der Waals surface area contributed by atoms with Crippen LogP contribution in [0.2, 0.25) is 0 Å². The number of para-hydroxylation sites is 1. The predicted molar refractivity (Wildman–Crippen MR) is 109 cm³/mol. The summed E-state index contributed by atoms with van der Waals surface area (Å²) in [4.78, 5) is 12.4. The summed E-state index contributed by atoms with van der Waals surface area (Å²) >= 11 is 7.90. The van der Waals surface area contributed by atoms with E-state index in [-0.39, 0.29) is 6.03 Å². The maximum absolute atomic E-state index is 12.4. The number of fused-ring (bicyclic) bond motifs is 3. The highest BCUT2D eigenvalue weighted by Gasteiger charge is 2.21. The predicted octanol–water partition coefficient (Wildman–Crippen LogP) is 5.90. The Morgan fingerprint density at radius 2 is 1.64 bits per heavy atom. The molecule has 3 aromatic rings. The molecular weight excluding hydrogens is 396 g/mol. The minimum absolute atomic E-state index is 0.285. The summed E-state index contributed by atoms with van der Waals surface area (Å²) in [6, 6.07) is 21.4. The van der Waals surface area contributed by atoms with Crippen LogP contribution in [-0.2, 0) is 6.42 Å². The number of amides is 2. The summed E-state index contributed by atoms with van der Waals surface area (Å²) in [7, 11) is 0. The molecule has 0 saturated carbocycles. The maximum Gasteiger partial charge on any atom is 0.336 e. The Morgan fingerprint density at radius 3 is 2.40 bits per heavy atom. The van der Waals surface area contributed by atoms with Crippen molar-refractivity contribution in [1.82, 2.24) is 0 Å². The molecule has 0 fully saturated rings. The molecule has 3 nitrogen and oxygen atoms in total. The Bertz CT molecular complexity index is 959. The number of halogens is 1. The molecule has 5 heteroatoms. The van der Waals surface area contributed by atoms with Crippen LogP contribution < -0.4 is 9.62 Å². The van der Waals surface area contributed by atoms with E-state index in [1.165, 1.54) is 26.6 Å². The highest BCUT2D eigenvalue weighted by molar-refractivity contribution is 9.10. The molecule has 25 heavy (non-hydrogen) atoms. The molecule has 0 bridgehead atoms. The van der Waals surface area contributed by atoms with Crippen LogP contribution in [0, 0.1) is 0 Å². The number of anilines is 2. The summed E-state index contributed by atoms with van der Waals surface area (Å²) < 4.78 is 2.42. The van der Waals surface area contributed by atoms with Gasteiger partial charge in [0.25, 0.3) is 0 Å². The van der Waals surface area contributed by atoms with Crippen LogP contribution in [0.5, 0.6) is 0 Å². The number of benzene rings is 3. The zero-order chi connectivity index (χ0) is 17.4. The SMILES string of the molecule is O=C(Nc1ccccc1)N(S)c1ccc2c(c1)Cc1cc(Br)ccc1-2. The minimum Gasteiger partial charge on any atom is -0.307 e. The Balaban J connectivity index is 1.57. The van der Waals surface area contributed by atoms with E-state index in [9.17, 15) is 4.79 Å². The molecule has 3 aromatic carbocycles. The first kappa shape index (κ1) is 16.2. The molecular formula is C20H15BrN2OS. The third-order valence-corrected chi connectivity index (χ3v) is 5.20. The first-order chi connectivity index (χ1) is 12.1. The van der Waals surface area contributed by atoms with Gasteiger partial charge in [0.2, 0.25) is 0 Å². The van der Waals surface area contributed by atoms with Gasteiger partial charge in [-0.1, -0.05) is 59.1 Å². The first-order valence-electron chi connectivity index (χ1n) is 7.88. The van der Waals surface area contributed by atoms with Gasteiger partial charge in [0.15, 0.2) is 0 Å². The average Bonchev–Trinajstić information content (AvgIpc) is 2.98. The second-order valence-corrected chi connectivity index (χ2v) is 7.24. The van der Waals surface area contributed by atoms with E-state index in [2.05, 4.69) is 58.3 Å². The topological polar surface area (TPSA) is 32.3 Å². The Hall–Kier alpha value is -2.24. The van der Waals surface area contributed by atoms with Gasteiger partial charge in [-0.25, -0.2) is 9.10 Å². The van der Waals surface area contributed by atoms with Crippen LogP contribution in [0.25, 0.3) is 11.1 Å². The van der Waals surface area contributed by atoms with Crippen molar-refractivity contribution in [3.8, 4) is 11.1 Å². The molecule has 0 aliphatic heterocycles. The van der Waals surface area contributed by atoms with Crippen molar-refractivity contribution in [2.24, 2.45) is 0 Å². The summed E-state index contributed by atoms with van der Waals surface area (Å²) in [5, 5.41) is 2.84. The monoisotopic (exact) mass is 410 g/mol. The lowest BCUT2D eigenvalue weighted by molar-refractivity contribution is 0.260. The normalized spacial score (nSPS) is 11.6. The van der Waals surface area contributed by atoms with E-state index in [0.29, 0.717) is 0 Å². The third kappa shape index (κ3) is 3.17. The molecule has 0 aromatic heterocycles. The van der Waals surface area contributed by atoms with Gasteiger partial charge in [-0.2, -0.15) is 0 Å². The van der Waals surface area contributed by atoms with Gasteiger partial charge in [-0.3, -0.25) is 0 Å². The van der Waals surface area contributed by atoms with Gasteiger partial charge in [0.05, 0.1) is 5.69 Å². The maximum atomic E-state index is 12.4. The van der Waals surface area contributed by atoms with Gasteiger partial charge >= 0.3 is 6.03 Å². The number of carbonyl (C=O) groups excluding carboxylic acids is 1. The zero-order valence-corrected chi connectivity index (χ0v) is 15.7. The molecule has 1 N–H and O–H groups in total.